The predicted octanol–water partition coefficient (Wildman–Crippen LogP) is 2.28. The second-order valence-electron chi connectivity index (χ2n) is 4.45. The number of amides is 1. The third-order valence-electron chi connectivity index (χ3n) is 3.31. The van der Waals surface area contributed by atoms with Gasteiger partial charge in [0.05, 0.1) is 6.07 Å². The molecular formula is C12H20N2OS. The fourth-order valence-corrected chi connectivity index (χ4v) is 2.96. The van der Waals surface area contributed by atoms with Gasteiger partial charge < -0.3 is 4.90 Å². The van der Waals surface area contributed by atoms with E-state index >= 15 is 0 Å². The lowest BCUT2D eigenvalue weighted by molar-refractivity contribution is -0.138. The Morgan fingerprint density at radius 3 is 2.81 bits per heavy atom. The summed E-state index contributed by atoms with van der Waals surface area (Å²) in [5.41, 5.74) is -0.833. The summed E-state index contributed by atoms with van der Waals surface area (Å²) in [4.78, 5) is 14.1. The van der Waals surface area contributed by atoms with E-state index in [1.807, 2.05) is 23.6 Å². The van der Waals surface area contributed by atoms with Crippen molar-refractivity contribution in [3.63, 3.8) is 0 Å². The van der Waals surface area contributed by atoms with Crippen LogP contribution in [0.15, 0.2) is 0 Å². The zero-order valence-electron chi connectivity index (χ0n) is 10.3. The van der Waals surface area contributed by atoms with E-state index in [2.05, 4.69) is 13.0 Å². The summed E-state index contributed by atoms with van der Waals surface area (Å²) in [6, 6.07) is 2.16. The number of carbonyl (C=O) groups excluding carboxylic acids is 1. The van der Waals surface area contributed by atoms with Crippen LogP contribution >= 0.6 is 11.8 Å². The Balaban J connectivity index is 2.70. The average Bonchev–Trinajstić information content (AvgIpc) is 2.37. The Morgan fingerprint density at radius 2 is 2.31 bits per heavy atom. The summed E-state index contributed by atoms with van der Waals surface area (Å²) in [7, 11) is 0. The van der Waals surface area contributed by atoms with E-state index in [9.17, 15) is 4.79 Å². The summed E-state index contributed by atoms with van der Waals surface area (Å²) in [6.07, 6.45) is 1.67. The van der Waals surface area contributed by atoms with Crippen molar-refractivity contribution in [2.75, 3.05) is 18.8 Å². The molecular weight excluding hydrogens is 220 g/mol. The first-order valence-corrected chi connectivity index (χ1v) is 6.94. The number of rotatable bonds is 3. The zero-order chi connectivity index (χ0) is 12.2. The van der Waals surface area contributed by atoms with Crippen LogP contribution < -0.4 is 0 Å². The first-order valence-electron chi connectivity index (χ1n) is 5.89. The van der Waals surface area contributed by atoms with Crippen molar-refractivity contribution in [3.8, 4) is 6.07 Å². The highest BCUT2D eigenvalue weighted by atomic mass is 32.2. The van der Waals surface area contributed by atoms with E-state index in [-0.39, 0.29) is 5.91 Å². The van der Waals surface area contributed by atoms with E-state index in [0.29, 0.717) is 11.7 Å². The van der Waals surface area contributed by atoms with Crippen molar-refractivity contribution in [2.45, 2.75) is 38.9 Å². The molecule has 0 bridgehead atoms. The van der Waals surface area contributed by atoms with Crippen LogP contribution in [-0.2, 0) is 4.79 Å². The van der Waals surface area contributed by atoms with Gasteiger partial charge in [0.25, 0.3) is 0 Å². The standard InChI is InChI=1S/C12H20N2OS/c1-4-10-8-14(6-7-16-10)11(15)12(3,5-2)9-13/h10H,4-8H2,1-3H3. The molecule has 1 aliphatic rings. The number of nitrogens with zero attached hydrogens (tertiary/aromatic N) is 2. The Labute approximate surface area is 102 Å². The Hall–Kier alpha value is -0.690. The monoisotopic (exact) mass is 240 g/mol. The minimum atomic E-state index is -0.833. The molecule has 90 valence electrons. The van der Waals surface area contributed by atoms with Crippen LogP contribution in [0.25, 0.3) is 0 Å². The van der Waals surface area contributed by atoms with Crippen LogP contribution in [0, 0.1) is 16.7 Å². The molecule has 2 unspecified atom stereocenters. The highest BCUT2D eigenvalue weighted by Crippen LogP contribution is 2.27. The van der Waals surface area contributed by atoms with Crippen molar-refractivity contribution < 1.29 is 4.79 Å². The van der Waals surface area contributed by atoms with E-state index in [0.717, 1.165) is 25.3 Å². The van der Waals surface area contributed by atoms with Crippen molar-refractivity contribution in [1.29, 1.82) is 5.26 Å². The Bertz CT molecular complexity index is 300. The second kappa shape index (κ2) is 5.58. The zero-order valence-corrected chi connectivity index (χ0v) is 11.1. The minimum absolute atomic E-state index is 0.0104. The molecule has 0 spiro atoms. The van der Waals surface area contributed by atoms with Gasteiger partial charge in [0.2, 0.25) is 5.91 Å². The molecule has 0 radical (unpaired) electrons. The molecule has 1 rings (SSSR count). The van der Waals surface area contributed by atoms with Gasteiger partial charge in [0.15, 0.2) is 0 Å². The first kappa shape index (κ1) is 13.4. The van der Waals surface area contributed by atoms with E-state index in [1.54, 1.807) is 6.92 Å². The van der Waals surface area contributed by atoms with Crippen LogP contribution in [0.1, 0.15) is 33.6 Å². The number of hydrogen-bond donors (Lipinski definition) is 0. The lowest BCUT2D eigenvalue weighted by Crippen LogP contribution is -2.47. The first-order chi connectivity index (χ1) is 7.57. The van der Waals surface area contributed by atoms with Crippen LogP contribution in [0.3, 0.4) is 0 Å². The second-order valence-corrected chi connectivity index (χ2v) is 5.86. The van der Waals surface area contributed by atoms with Crippen LogP contribution in [0.4, 0.5) is 0 Å². The lowest BCUT2D eigenvalue weighted by atomic mass is 9.87. The average molecular weight is 240 g/mol. The summed E-state index contributed by atoms with van der Waals surface area (Å²) in [5.74, 6) is 1.01. The van der Waals surface area contributed by atoms with Gasteiger partial charge in [0, 0.05) is 24.1 Å². The van der Waals surface area contributed by atoms with Crippen LogP contribution in [0.5, 0.6) is 0 Å². The van der Waals surface area contributed by atoms with Crippen molar-refractivity contribution >= 4 is 17.7 Å². The molecule has 0 aromatic rings. The van der Waals surface area contributed by atoms with Crippen LogP contribution in [-0.4, -0.2) is 34.9 Å². The fourth-order valence-electron chi connectivity index (χ4n) is 1.78. The molecule has 1 heterocycles. The van der Waals surface area contributed by atoms with Crippen molar-refractivity contribution in [1.82, 2.24) is 4.90 Å². The number of nitriles is 1. The van der Waals surface area contributed by atoms with Gasteiger partial charge in [-0.1, -0.05) is 13.8 Å². The highest BCUT2D eigenvalue weighted by molar-refractivity contribution is 8.00. The maximum atomic E-state index is 12.2. The molecule has 16 heavy (non-hydrogen) atoms. The van der Waals surface area contributed by atoms with Gasteiger partial charge >= 0.3 is 0 Å². The lowest BCUT2D eigenvalue weighted by Gasteiger charge is -2.35. The molecule has 1 aliphatic heterocycles. The van der Waals surface area contributed by atoms with Gasteiger partial charge in [-0.05, 0) is 19.8 Å². The molecule has 3 nitrogen and oxygen atoms in total. The third-order valence-corrected chi connectivity index (χ3v) is 4.68. The summed E-state index contributed by atoms with van der Waals surface area (Å²) >= 11 is 1.93. The molecule has 4 heteroatoms. The molecule has 0 aliphatic carbocycles. The third kappa shape index (κ3) is 2.70. The van der Waals surface area contributed by atoms with Gasteiger partial charge in [-0.25, -0.2) is 0 Å². The molecule has 1 amide bonds. The molecule has 1 fully saturated rings. The minimum Gasteiger partial charge on any atom is -0.339 e. The fraction of sp³-hybridized carbons (Fsp3) is 0.833. The van der Waals surface area contributed by atoms with Crippen molar-refractivity contribution in [3.05, 3.63) is 0 Å². The summed E-state index contributed by atoms with van der Waals surface area (Å²) in [5, 5.41) is 9.65. The van der Waals surface area contributed by atoms with Crippen LogP contribution in [0.2, 0.25) is 0 Å². The quantitative estimate of drug-likeness (QED) is 0.760. The van der Waals surface area contributed by atoms with E-state index in [4.69, 9.17) is 5.26 Å². The number of thioether (sulfide) groups is 1. The molecule has 0 aromatic carbocycles. The Kier molecular flexibility index (Phi) is 4.67. The summed E-state index contributed by atoms with van der Waals surface area (Å²) < 4.78 is 0. The molecule has 2 atom stereocenters. The molecule has 0 N–H and O–H groups in total. The predicted molar refractivity (Wildman–Crippen MR) is 67.1 cm³/mol. The topological polar surface area (TPSA) is 44.1 Å². The van der Waals surface area contributed by atoms with Gasteiger partial charge in [-0.15, -0.1) is 0 Å². The largest absolute Gasteiger partial charge is 0.339 e. The van der Waals surface area contributed by atoms with Gasteiger partial charge in [0.1, 0.15) is 5.41 Å². The van der Waals surface area contributed by atoms with Gasteiger partial charge in [-0.3, -0.25) is 4.79 Å². The van der Waals surface area contributed by atoms with E-state index < -0.39 is 5.41 Å². The number of carbonyl (C=O) groups is 1. The molecule has 0 aromatic heterocycles. The number of hydrogen-bond acceptors (Lipinski definition) is 3. The van der Waals surface area contributed by atoms with Gasteiger partial charge in [-0.2, -0.15) is 17.0 Å². The highest BCUT2D eigenvalue weighted by Gasteiger charge is 2.36. The molecule has 0 saturated carbocycles. The SMILES string of the molecule is CCC1CN(C(=O)C(C)(C#N)CC)CCS1. The maximum Gasteiger partial charge on any atom is 0.242 e. The smallest absolute Gasteiger partial charge is 0.242 e. The van der Waals surface area contributed by atoms with Crippen molar-refractivity contribution in [2.24, 2.45) is 5.41 Å². The van der Waals surface area contributed by atoms with E-state index in [1.165, 1.54) is 0 Å². The molecule has 1 saturated heterocycles. The maximum absolute atomic E-state index is 12.2. The normalized spacial score (nSPS) is 24.6. The summed E-state index contributed by atoms with van der Waals surface area (Å²) in [6.45, 7) is 7.39. The Morgan fingerprint density at radius 1 is 1.62 bits per heavy atom.